The number of H-pyrrole nitrogens is 1. The molecule has 0 fully saturated rings. The van der Waals surface area contributed by atoms with Gasteiger partial charge in [-0.15, -0.1) is 0 Å². The number of phenols is 4. The van der Waals surface area contributed by atoms with Gasteiger partial charge in [-0.2, -0.15) is 39.5 Å². The van der Waals surface area contributed by atoms with Gasteiger partial charge in [0.05, 0.1) is 39.3 Å². The molecule has 17 nitrogen and oxygen atoms in total. The number of fused-ring (bicyclic) bond motifs is 5. The lowest BCUT2D eigenvalue weighted by Crippen LogP contribution is -2.13. The molecule has 0 aliphatic heterocycles. The van der Waals surface area contributed by atoms with Crippen LogP contribution in [0.2, 0.25) is 5.02 Å². The van der Waals surface area contributed by atoms with Crippen molar-refractivity contribution in [2.75, 3.05) is 0 Å². The van der Waals surface area contributed by atoms with Gasteiger partial charge in [-0.3, -0.25) is 44.7 Å². The number of nitrogens with one attached hydrogen (secondary N) is 1. The first-order valence-electron chi connectivity index (χ1n) is 46.2. The van der Waals surface area contributed by atoms with Crippen LogP contribution >= 0.6 is 11.6 Å². The number of rotatable bonds is 19. The van der Waals surface area contributed by atoms with E-state index in [-0.39, 0.29) is 52.2 Å². The van der Waals surface area contributed by atoms with Crippen LogP contribution in [0.15, 0.2) is 346 Å². The fraction of sp³-hybridized carbons (Fsp3) is 0.162. The summed E-state index contributed by atoms with van der Waals surface area (Å²) < 4.78 is 117. The van der Waals surface area contributed by atoms with Crippen LogP contribution in [0.1, 0.15) is 158 Å². The number of benzene rings is 10. The van der Waals surface area contributed by atoms with Gasteiger partial charge in [0, 0.05) is 175 Å². The van der Waals surface area contributed by atoms with Gasteiger partial charge in [0.2, 0.25) is 0 Å². The van der Waals surface area contributed by atoms with Crippen LogP contribution < -0.4 is 5.56 Å². The smallest absolute Gasteiger partial charge is 0.416 e. The molecule has 20 aromatic rings. The normalized spacial score (nSPS) is 12.4. The van der Waals surface area contributed by atoms with Crippen LogP contribution in [0.25, 0.3) is 65.8 Å². The monoisotopic (exact) mass is 1950 g/mol. The van der Waals surface area contributed by atoms with E-state index in [4.69, 9.17) is 11.6 Å². The highest BCUT2D eigenvalue weighted by atomic mass is 35.5. The van der Waals surface area contributed by atoms with Crippen molar-refractivity contribution in [2.24, 2.45) is 0 Å². The van der Waals surface area contributed by atoms with Crippen molar-refractivity contribution < 1.29 is 59.9 Å². The SMILES string of the molecule is Cc1ccc(C)c(C(Cc2cccnc2)c2cc(Cl)c3cccnc3c2O)c1.Cc1ccc2c(C)nc(Cc3nc(-c4ccccc4C)cc(=O)[nH]3)nc2c1.Cc1cccc(CC(c2ccc(C(F)(F)F)cc2)c2ccc3cccnc3c2O)n1.Cc1cccc(CC(c2ccc(C(F)(F)F)cc2)c2ccc3cccnc3c2O)n1.Oc1c(C(Cc2cccnc2)c2ccc(C(F)(F)F)cc2)ccc2cccnc12. The molecule has 4 unspecified atom stereocenters. The molecule has 10 aromatic heterocycles. The highest BCUT2D eigenvalue weighted by molar-refractivity contribution is 6.35. The van der Waals surface area contributed by atoms with Crippen LogP contribution in [0.5, 0.6) is 23.0 Å². The number of hydrogen-bond acceptors (Lipinski definition) is 16. The van der Waals surface area contributed by atoms with Gasteiger partial charge in [0.1, 0.15) is 56.7 Å². The van der Waals surface area contributed by atoms with Crippen LogP contribution in [0.4, 0.5) is 39.5 Å². The number of phenolic OH excluding ortho intramolecular Hbond substituents is 4. The molecular formula is C117H96ClF9N12O5. The molecule has 0 amide bonds. The first kappa shape index (κ1) is 100. The van der Waals surface area contributed by atoms with Crippen LogP contribution in [0.3, 0.4) is 0 Å². The number of aromatic amines is 1. The fourth-order valence-electron chi connectivity index (χ4n) is 17.8. The highest BCUT2D eigenvalue weighted by Crippen LogP contribution is 2.46. The quantitative estimate of drug-likeness (QED) is 0.0472. The van der Waals surface area contributed by atoms with E-state index in [2.05, 4.69) is 104 Å². The lowest BCUT2D eigenvalue weighted by atomic mass is 9.82. The third-order valence-corrected chi connectivity index (χ3v) is 25.4. The molecule has 0 aliphatic rings. The molecule has 0 radical (unpaired) electrons. The summed E-state index contributed by atoms with van der Waals surface area (Å²) in [6.45, 7) is 14.0. The standard InChI is InChI=1S/C24H21ClN2O.2C24H19F3N2O.C23H17F3N2O.C22H20N4O/c1-15-7-8-16(2)19(11-15)20(12-17-5-3-9-26-14-17)21-13-22(25)18-6-4-10-27-23(18)24(21)28;2*1-15-4-2-6-19(29-15)14-21(16-7-10-18(11-8-16)24(25,26)27)20-12-9-17-5-3-13-28-22(17)23(20)30;24-23(25,26)18-8-5-16(6-9-18)20(13-15-3-1-11-27-14-15)19-10-7-17-4-2-12-28-21(17)22(19)29;1-13-8-9-17-15(3)23-20(24-18(17)10-13)12-21-25-19(11-22(27)26-21)16-7-5-4-6-14(16)2/h3-11,13-14,20,28H,12H2,1-2H3;2*2-13,21,30H,14H2,1H3;1-12,14,20,29H,13H2;4-11H,12H2,1-3H3,(H,25,26,27). The van der Waals surface area contributed by atoms with Gasteiger partial charge in [-0.05, 0) is 227 Å². The molecule has 20 rings (SSSR count). The molecule has 27 heteroatoms. The molecule has 144 heavy (non-hydrogen) atoms. The van der Waals surface area contributed by atoms with E-state index in [1.165, 1.54) is 59.2 Å². The van der Waals surface area contributed by atoms with E-state index in [1.54, 1.807) is 85.8 Å². The summed E-state index contributed by atoms with van der Waals surface area (Å²) in [6, 6.07) is 83.7. The van der Waals surface area contributed by atoms with Gasteiger partial charge in [0.25, 0.3) is 5.56 Å². The summed E-state index contributed by atoms with van der Waals surface area (Å²) in [7, 11) is 0. The maximum Gasteiger partial charge on any atom is 0.416 e. The molecule has 10 aromatic carbocycles. The summed E-state index contributed by atoms with van der Waals surface area (Å²) in [5.41, 5.74) is 18.8. The highest BCUT2D eigenvalue weighted by Gasteiger charge is 2.35. The van der Waals surface area contributed by atoms with Crippen molar-refractivity contribution in [3.8, 4) is 34.3 Å². The Morgan fingerprint density at radius 3 is 1.24 bits per heavy atom. The minimum atomic E-state index is -4.40. The molecule has 4 atom stereocenters. The lowest BCUT2D eigenvalue weighted by Gasteiger charge is -2.23. The average molecular weight is 1960 g/mol. The Morgan fingerprint density at radius 1 is 0.347 bits per heavy atom. The van der Waals surface area contributed by atoms with Gasteiger partial charge in [0.15, 0.2) is 0 Å². The van der Waals surface area contributed by atoms with E-state index in [9.17, 15) is 64.7 Å². The summed E-state index contributed by atoms with van der Waals surface area (Å²) in [5.74, 6) is 0.327. The average Bonchev–Trinajstić information content (AvgIpc) is 0.837. The summed E-state index contributed by atoms with van der Waals surface area (Å²) in [6.07, 6.45) is 2.71. The number of aromatic hydroxyl groups is 4. The van der Waals surface area contributed by atoms with E-state index < -0.39 is 35.2 Å². The first-order chi connectivity index (χ1) is 69.1. The van der Waals surface area contributed by atoms with E-state index in [0.717, 1.165) is 131 Å². The fourth-order valence-corrected chi connectivity index (χ4v) is 18.1. The lowest BCUT2D eigenvalue weighted by molar-refractivity contribution is -0.138. The number of aromatic nitrogens is 12. The van der Waals surface area contributed by atoms with Crippen molar-refractivity contribution in [1.82, 2.24) is 59.8 Å². The molecule has 0 bridgehead atoms. The summed E-state index contributed by atoms with van der Waals surface area (Å²) in [5, 5.41) is 48.6. The topological polar surface area (TPSA) is 256 Å². The van der Waals surface area contributed by atoms with E-state index >= 15 is 0 Å². The van der Waals surface area contributed by atoms with Crippen LogP contribution in [0, 0.1) is 48.5 Å². The Morgan fingerprint density at radius 2 is 0.778 bits per heavy atom. The second-order valence-corrected chi connectivity index (χ2v) is 35.7. The second-order valence-electron chi connectivity index (χ2n) is 35.3. The predicted molar refractivity (Wildman–Crippen MR) is 544 cm³/mol. The second kappa shape index (κ2) is 44.1. The number of hydrogen-bond donors (Lipinski definition) is 5. The Kier molecular flexibility index (Phi) is 30.8. The Labute approximate surface area is 828 Å². The van der Waals surface area contributed by atoms with Gasteiger partial charge in [-0.1, -0.05) is 187 Å². The molecular weight excluding hydrogens is 1860 g/mol. The van der Waals surface area contributed by atoms with Crippen molar-refractivity contribution in [3.63, 3.8) is 0 Å². The number of alkyl halides is 9. The van der Waals surface area contributed by atoms with E-state index in [0.29, 0.717) is 110 Å². The minimum absolute atomic E-state index is 0.0330. The molecule has 5 N–H and O–H groups in total. The molecule has 0 aliphatic carbocycles. The molecule has 0 saturated heterocycles. The van der Waals surface area contributed by atoms with Gasteiger partial charge >= 0.3 is 18.5 Å². The third-order valence-electron chi connectivity index (χ3n) is 25.1. The zero-order valence-electron chi connectivity index (χ0n) is 79.1. The van der Waals surface area contributed by atoms with Crippen LogP contribution in [-0.4, -0.2) is 80.2 Å². The van der Waals surface area contributed by atoms with Crippen molar-refractivity contribution in [1.29, 1.82) is 0 Å². The third kappa shape index (κ3) is 24.2. The maximum absolute atomic E-state index is 13.0. The molecule has 10 heterocycles. The van der Waals surface area contributed by atoms with Crippen molar-refractivity contribution in [3.05, 3.63) is 491 Å². The Balaban J connectivity index is 0.000000129. The zero-order chi connectivity index (χ0) is 102. The molecule has 0 saturated carbocycles. The number of nitrogens with zero attached hydrogens (tertiary/aromatic N) is 11. The Bertz CT molecular complexity index is 7860. The number of halogens is 10. The summed E-state index contributed by atoms with van der Waals surface area (Å²) >= 11 is 6.58. The maximum atomic E-state index is 13.0. The zero-order valence-corrected chi connectivity index (χ0v) is 79.8. The van der Waals surface area contributed by atoms with Gasteiger partial charge < -0.3 is 25.4 Å². The molecule has 724 valence electrons. The largest absolute Gasteiger partial charge is 0.505 e. The summed E-state index contributed by atoms with van der Waals surface area (Å²) in [4.78, 5) is 63.5. The van der Waals surface area contributed by atoms with E-state index in [1.807, 2.05) is 180 Å². The minimum Gasteiger partial charge on any atom is -0.505 e. The molecule has 0 spiro atoms. The number of aryl methyl sites for hydroxylation is 7. The number of pyridine rings is 8. The van der Waals surface area contributed by atoms with Gasteiger partial charge in [-0.25, -0.2) is 15.0 Å². The first-order valence-corrected chi connectivity index (χ1v) is 46.6. The van der Waals surface area contributed by atoms with Crippen LogP contribution in [-0.2, 0) is 50.6 Å². The van der Waals surface area contributed by atoms with Crippen molar-refractivity contribution >= 4 is 66.1 Å². The predicted octanol–water partition coefficient (Wildman–Crippen LogP) is 27.7. The Hall–Kier alpha value is -16.5. The van der Waals surface area contributed by atoms with Crippen molar-refractivity contribution in [2.45, 2.75) is 123 Å².